The summed E-state index contributed by atoms with van der Waals surface area (Å²) < 4.78 is 6.45. The zero-order valence-corrected chi connectivity index (χ0v) is 33.1. The fourth-order valence-corrected chi connectivity index (χ4v) is 8.15. The predicted octanol–water partition coefficient (Wildman–Crippen LogP) is 14.0. The normalized spacial score (nSPS) is 21.6. The van der Waals surface area contributed by atoms with Crippen LogP contribution in [0.4, 0.5) is 0 Å². The van der Waals surface area contributed by atoms with Crippen molar-refractivity contribution in [3.8, 4) is 0 Å². The number of hydrogen-bond acceptors (Lipinski definition) is 3. The van der Waals surface area contributed by atoms with Crippen LogP contribution in [0.5, 0.6) is 0 Å². The highest BCUT2D eigenvalue weighted by Crippen LogP contribution is 2.52. The van der Waals surface area contributed by atoms with E-state index in [1.54, 1.807) is 0 Å². The number of likely N-dealkylation sites (tertiary alicyclic amines) is 1. The molecular formula is C46H83NO2. The van der Waals surface area contributed by atoms with Gasteiger partial charge in [-0.15, -0.1) is 0 Å². The maximum absolute atomic E-state index is 11.6. The zero-order chi connectivity index (χ0) is 35.1. The maximum atomic E-state index is 11.6. The Balaban J connectivity index is 1.60. The molecule has 2 rings (SSSR count). The average Bonchev–Trinajstić information content (AvgIpc) is 3.65. The van der Waals surface area contributed by atoms with Crippen molar-refractivity contribution in [2.45, 2.75) is 218 Å². The minimum atomic E-state index is -0.896. The van der Waals surface area contributed by atoms with Gasteiger partial charge in [-0.2, -0.15) is 0 Å². The summed E-state index contributed by atoms with van der Waals surface area (Å²) in [4.78, 5) is 2.34. The van der Waals surface area contributed by atoms with E-state index in [-0.39, 0.29) is 11.5 Å². The summed E-state index contributed by atoms with van der Waals surface area (Å²) in [7, 11) is 2.17. The molecule has 0 aromatic rings. The Bertz CT molecular complexity index is 826. The number of allylic oxidation sites excluding steroid dienone is 8. The maximum Gasteiger partial charge on any atom is 0.166 e. The molecule has 3 nitrogen and oxygen atoms in total. The lowest BCUT2D eigenvalue weighted by atomic mass is 9.76. The summed E-state index contributed by atoms with van der Waals surface area (Å²) in [6.07, 6.45) is 56.8. The smallest absolute Gasteiger partial charge is 0.166 e. The molecule has 0 bridgehead atoms. The third-order valence-electron chi connectivity index (χ3n) is 11.2. The SMILES string of the molecule is CCCCC/C=C\C/C=C\CCCCCCCCC1(CCCCCCCC/C=C\C/C=C\CCCCC)CCC(O)(OC2CCN(C)C2)C1. The monoisotopic (exact) mass is 682 g/mol. The Morgan fingerprint density at radius 3 is 1.43 bits per heavy atom. The minimum Gasteiger partial charge on any atom is -0.365 e. The molecular weight excluding hydrogens is 599 g/mol. The summed E-state index contributed by atoms with van der Waals surface area (Å²) in [5.41, 5.74) is 0.281. The molecule has 2 unspecified atom stereocenters. The van der Waals surface area contributed by atoms with Crippen LogP contribution >= 0.6 is 0 Å². The first-order chi connectivity index (χ1) is 24.0. The topological polar surface area (TPSA) is 32.7 Å². The molecule has 2 fully saturated rings. The Hall–Kier alpha value is -1.16. The van der Waals surface area contributed by atoms with Crippen molar-refractivity contribution in [3.05, 3.63) is 48.6 Å². The summed E-state index contributed by atoms with van der Waals surface area (Å²) >= 11 is 0. The van der Waals surface area contributed by atoms with Crippen LogP contribution in [-0.4, -0.2) is 42.0 Å². The minimum absolute atomic E-state index is 0.203. The van der Waals surface area contributed by atoms with Gasteiger partial charge in [0.2, 0.25) is 0 Å². The summed E-state index contributed by atoms with van der Waals surface area (Å²) in [5.74, 6) is -0.896. The fraction of sp³-hybridized carbons (Fsp3) is 0.826. The van der Waals surface area contributed by atoms with Crippen LogP contribution in [-0.2, 0) is 4.74 Å². The van der Waals surface area contributed by atoms with Crippen molar-refractivity contribution in [3.63, 3.8) is 0 Å². The van der Waals surface area contributed by atoms with Gasteiger partial charge in [0.05, 0.1) is 6.10 Å². The van der Waals surface area contributed by atoms with Crippen LogP contribution in [0, 0.1) is 5.41 Å². The van der Waals surface area contributed by atoms with Gasteiger partial charge in [0.25, 0.3) is 0 Å². The highest BCUT2D eigenvalue weighted by molar-refractivity contribution is 4.96. The van der Waals surface area contributed by atoms with E-state index in [2.05, 4.69) is 74.4 Å². The lowest BCUT2D eigenvalue weighted by Gasteiger charge is -2.33. The molecule has 2 atom stereocenters. The lowest BCUT2D eigenvalue weighted by molar-refractivity contribution is -0.226. The van der Waals surface area contributed by atoms with Crippen LogP contribution in [0.25, 0.3) is 0 Å². The van der Waals surface area contributed by atoms with Gasteiger partial charge in [-0.25, -0.2) is 0 Å². The van der Waals surface area contributed by atoms with E-state index in [0.717, 1.165) is 51.6 Å². The number of nitrogens with zero attached hydrogens (tertiary/aromatic N) is 1. The third kappa shape index (κ3) is 23.1. The van der Waals surface area contributed by atoms with Gasteiger partial charge < -0.3 is 14.7 Å². The number of hydrogen-bond donors (Lipinski definition) is 1. The third-order valence-corrected chi connectivity index (χ3v) is 11.2. The Labute approximate surface area is 306 Å². The molecule has 0 radical (unpaired) electrons. The van der Waals surface area contributed by atoms with Gasteiger partial charge in [-0.1, -0.05) is 152 Å². The standard InChI is InChI=1S/C46H83NO2/c1-4-6-8-10-12-14-16-18-20-22-24-26-28-30-32-34-37-45(39-40-46(48,43-45)49-44-36-41-47(3)42-44)38-35-33-31-29-27-25-23-21-19-17-15-13-11-9-7-5-2/h12-15,18-21,44,48H,4-11,16-17,22-43H2,1-3H3/b14-12-,15-13-,20-18-,21-19-. The zero-order valence-electron chi connectivity index (χ0n) is 33.1. The number of aliphatic hydroxyl groups is 1. The second-order valence-electron chi connectivity index (χ2n) is 16.1. The van der Waals surface area contributed by atoms with Crippen LogP contribution in [0.1, 0.15) is 206 Å². The quantitative estimate of drug-likeness (QED) is 0.0436. The van der Waals surface area contributed by atoms with Crippen LogP contribution in [0.2, 0.25) is 0 Å². The van der Waals surface area contributed by atoms with Crippen molar-refractivity contribution < 1.29 is 9.84 Å². The first-order valence-corrected chi connectivity index (χ1v) is 21.7. The molecule has 1 saturated heterocycles. The van der Waals surface area contributed by atoms with E-state index >= 15 is 0 Å². The van der Waals surface area contributed by atoms with Gasteiger partial charge in [-0.3, -0.25) is 0 Å². The average molecular weight is 682 g/mol. The molecule has 1 N–H and O–H groups in total. The number of ether oxygens (including phenoxy) is 1. The molecule has 0 amide bonds. The van der Waals surface area contributed by atoms with Crippen molar-refractivity contribution >= 4 is 0 Å². The molecule has 3 heteroatoms. The number of unbranched alkanes of at least 4 members (excludes halogenated alkanes) is 18. The second kappa shape index (κ2) is 29.4. The summed E-state index contributed by atoms with van der Waals surface area (Å²) in [6.45, 7) is 6.59. The van der Waals surface area contributed by atoms with Gasteiger partial charge in [0, 0.05) is 25.9 Å². The second-order valence-corrected chi connectivity index (χ2v) is 16.1. The van der Waals surface area contributed by atoms with E-state index in [1.807, 2.05) is 0 Å². The molecule has 1 saturated carbocycles. The van der Waals surface area contributed by atoms with E-state index in [4.69, 9.17) is 4.74 Å². The molecule has 2 aliphatic rings. The van der Waals surface area contributed by atoms with Crippen molar-refractivity contribution in [1.29, 1.82) is 0 Å². The van der Waals surface area contributed by atoms with Gasteiger partial charge in [0.15, 0.2) is 5.79 Å². The Morgan fingerprint density at radius 2 is 1.00 bits per heavy atom. The molecule has 1 aliphatic carbocycles. The summed E-state index contributed by atoms with van der Waals surface area (Å²) in [6, 6.07) is 0. The van der Waals surface area contributed by atoms with E-state index in [9.17, 15) is 5.11 Å². The van der Waals surface area contributed by atoms with E-state index < -0.39 is 5.79 Å². The van der Waals surface area contributed by atoms with Gasteiger partial charge >= 0.3 is 0 Å². The highest BCUT2D eigenvalue weighted by Gasteiger charge is 2.48. The lowest BCUT2D eigenvalue weighted by Crippen LogP contribution is -2.36. The Morgan fingerprint density at radius 1 is 0.571 bits per heavy atom. The largest absolute Gasteiger partial charge is 0.365 e. The van der Waals surface area contributed by atoms with E-state index in [0.29, 0.717) is 0 Å². The molecule has 0 spiro atoms. The number of likely N-dealkylation sites (N-methyl/N-ethyl adjacent to an activating group) is 1. The molecule has 0 aromatic heterocycles. The van der Waals surface area contributed by atoms with Crippen LogP contribution in [0.3, 0.4) is 0 Å². The van der Waals surface area contributed by atoms with Gasteiger partial charge in [0.1, 0.15) is 0 Å². The molecule has 284 valence electrons. The fourth-order valence-electron chi connectivity index (χ4n) is 8.15. The first-order valence-electron chi connectivity index (χ1n) is 21.7. The predicted molar refractivity (Wildman–Crippen MR) is 216 cm³/mol. The van der Waals surface area contributed by atoms with Crippen molar-refractivity contribution in [2.75, 3.05) is 20.1 Å². The van der Waals surface area contributed by atoms with Crippen LogP contribution in [0.15, 0.2) is 48.6 Å². The first kappa shape index (κ1) is 44.0. The van der Waals surface area contributed by atoms with Crippen molar-refractivity contribution in [2.24, 2.45) is 5.41 Å². The Kier molecular flexibility index (Phi) is 26.4. The molecule has 49 heavy (non-hydrogen) atoms. The van der Waals surface area contributed by atoms with E-state index in [1.165, 1.54) is 154 Å². The summed E-state index contributed by atoms with van der Waals surface area (Å²) in [5, 5.41) is 11.6. The van der Waals surface area contributed by atoms with Crippen LogP contribution < -0.4 is 0 Å². The number of rotatable bonds is 32. The van der Waals surface area contributed by atoms with Crippen molar-refractivity contribution in [1.82, 2.24) is 4.90 Å². The highest BCUT2D eigenvalue weighted by atomic mass is 16.6. The van der Waals surface area contributed by atoms with Gasteiger partial charge in [-0.05, 0) is 102 Å². The molecule has 0 aromatic carbocycles. The molecule has 1 aliphatic heterocycles. The molecule has 1 heterocycles.